The van der Waals surface area contributed by atoms with E-state index in [-0.39, 0.29) is 18.7 Å². The van der Waals surface area contributed by atoms with Crippen LogP contribution in [0.15, 0.2) is 24.3 Å². The van der Waals surface area contributed by atoms with Crippen LogP contribution in [-0.2, 0) is 0 Å². The van der Waals surface area contributed by atoms with Crippen molar-refractivity contribution in [3.63, 3.8) is 0 Å². The summed E-state index contributed by atoms with van der Waals surface area (Å²) in [5, 5.41) is 15.7. The Kier molecular flexibility index (Phi) is 6.52. The highest BCUT2D eigenvalue weighted by Crippen LogP contribution is 2.41. The summed E-state index contributed by atoms with van der Waals surface area (Å²) in [5.74, 6) is 0.719. The fraction of sp³-hybridized carbons (Fsp3) is 0.588. The largest absolute Gasteiger partial charge is 0.396 e. The second-order valence-electron chi connectivity index (χ2n) is 6.03. The van der Waals surface area contributed by atoms with Crippen LogP contribution in [0, 0.1) is 5.92 Å². The van der Waals surface area contributed by atoms with E-state index in [0.717, 1.165) is 30.7 Å². The molecule has 1 aliphatic rings. The summed E-state index contributed by atoms with van der Waals surface area (Å²) in [6.45, 7) is 2.91. The monoisotopic (exact) mass is 324 g/mol. The smallest absolute Gasteiger partial charge is 0.315 e. The molecule has 1 fully saturated rings. The molecule has 0 aliphatic heterocycles. The SMILES string of the molecule is CCCC(CCO)CNC(=O)NC1CC1c1cccc(Cl)c1. The van der Waals surface area contributed by atoms with E-state index in [4.69, 9.17) is 16.7 Å². The molecule has 1 aliphatic carbocycles. The fourth-order valence-electron chi connectivity index (χ4n) is 2.86. The van der Waals surface area contributed by atoms with Crippen molar-refractivity contribution in [2.24, 2.45) is 5.92 Å². The summed E-state index contributed by atoms with van der Waals surface area (Å²) in [6.07, 6.45) is 3.79. The van der Waals surface area contributed by atoms with Gasteiger partial charge in [0.15, 0.2) is 0 Å². The van der Waals surface area contributed by atoms with E-state index in [2.05, 4.69) is 23.6 Å². The predicted octanol–water partition coefficient (Wildman–Crippen LogP) is 3.29. The summed E-state index contributed by atoms with van der Waals surface area (Å²) in [6, 6.07) is 7.89. The number of carbonyl (C=O) groups is 1. The minimum absolute atomic E-state index is 0.117. The molecule has 1 saturated carbocycles. The number of halogens is 1. The first-order valence-corrected chi connectivity index (χ1v) is 8.42. The second kappa shape index (κ2) is 8.39. The quantitative estimate of drug-likeness (QED) is 0.687. The van der Waals surface area contributed by atoms with Crippen LogP contribution in [-0.4, -0.2) is 30.3 Å². The average Bonchev–Trinajstić information content (AvgIpc) is 3.24. The topological polar surface area (TPSA) is 61.4 Å². The summed E-state index contributed by atoms with van der Waals surface area (Å²) in [5.41, 5.74) is 1.18. The Balaban J connectivity index is 1.72. The van der Waals surface area contributed by atoms with E-state index in [1.165, 1.54) is 5.56 Å². The Morgan fingerprint density at radius 1 is 1.45 bits per heavy atom. The highest BCUT2D eigenvalue weighted by atomic mass is 35.5. The highest BCUT2D eigenvalue weighted by Gasteiger charge is 2.39. The first-order chi connectivity index (χ1) is 10.6. The molecule has 0 radical (unpaired) electrons. The molecule has 22 heavy (non-hydrogen) atoms. The van der Waals surface area contributed by atoms with Crippen LogP contribution in [0.4, 0.5) is 4.79 Å². The van der Waals surface area contributed by atoms with E-state index in [1.807, 2.05) is 18.2 Å². The summed E-state index contributed by atoms with van der Waals surface area (Å²) < 4.78 is 0. The van der Waals surface area contributed by atoms with Gasteiger partial charge in [-0.25, -0.2) is 4.79 Å². The van der Waals surface area contributed by atoms with Crippen LogP contribution < -0.4 is 10.6 Å². The maximum Gasteiger partial charge on any atom is 0.315 e. The van der Waals surface area contributed by atoms with E-state index in [0.29, 0.717) is 18.4 Å². The number of carbonyl (C=O) groups excluding carboxylic acids is 1. The zero-order valence-corrected chi connectivity index (χ0v) is 13.8. The maximum atomic E-state index is 11.9. The van der Waals surface area contributed by atoms with Crippen LogP contribution in [0.2, 0.25) is 5.02 Å². The van der Waals surface area contributed by atoms with Crippen molar-refractivity contribution in [2.45, 2.75) is 44.6 Å². The molecule has 0 bridgehead atoms. The van der Waals surface area contributed by atoms with E-state index in [9.17, 15) is 4.79 Å². The third kappa shape index (κ3) is 5.18. The Morgan fingerprint density at radius 2 is 2.27 bits per heavy atom. The molecule has 2 amide bonds. The van der Waals surface area contributed by atoms with E-state index >= 15 is 0 Å². The molecular weight excluding hydrogens is 300 g/mol. The number of aliphatic hydroxyl groups excluding tert-OH is 1. The first-order valence-electron chi connectivity index (χ1n) is 8.04. The van der Waals surface area contributed by atoms with Gasteiger partial charge in [0, 0.05) is 30.1 Å². The van der Waals surface area contributed by atoms with Gasteiger partial charge in [0.25, 0.3) is 0 Å². The maximum absolute atomic E-state index is 11.9. The average molecular weight is 325 g/mol. The van der Waals surface area contributed by atoms with Gasteiger partial charge in [0.05, 0.1) is 0 Å². The zero-order chi connectivity index (χ0) is 15.9. The second-order valence-corrected chi connectivity index (χ2v) is 6.46. The minimum Gasteiger partial charge on any atom is -0.396 e. The van der Waals surface area contributed by atoms with Crippen molar-refractivity contribution in [1.82, 2.24) is 10.6 Å². The van der Waals surface area contributed by atoms with Gasteiger partial charge in [-0.15, -0.1) is 0 Å². The van der Waals surface area contributed by atoms with Gasteiger partial charge in [0.1, 0.15) is 0 Å². The molecule has 3 N–H and O–H groups in total. The number of aliphatic hydroxyl groups is 1. The normalized spacial score (nSPS) is 21.2. The Hall–Kier alpha value is -1.26. The molecule has 0 heterocycles. The van der Waals surface area contributed by atoms with Crippen LogP contribution in [0.25, 0.3) is 0 Å². The van der Waals surface area contributed by atoms with Crippen LogP contribution >= 0.6 is 11.6 Å². The number of hydrogen-bond donors (Lipinski definition) is 3. The molecule has 0 spiro atoms. The summed E-state index contributed by atoms with van der Waals surface area (Å²) in [7, 11) is 0. The van der Waals surface area contributed by atoms with Gasteiger partial charge in [0.2, 0.25) is 0 Å². The van der Waals surface area contributed by atoms with Gasteiger partial charge in [-0.05, 0) is 42.9 Å². The zero-order valence-electron chi connectivity index (χ0n) is 13.0. The number of rotatable bonds is 8. The molecule has 1 aromatic rings. The van der Waals surface area contributed by atoms with Crippen LogP contribution in [0.5, 0.6) is 0 Å². The number of amides is 2. The van der Waals surface area contributed by atoms with Crippen molar-refractivity contribution >= 4 is 17.6 Å². The molecule has 5 heteroatoms. The molecule has 3 unspecified atom stereocenters. The van der Waals surface area contributed by atoms with Crippen molar-refractivity contribution in [2.75, 3.05) is 13.2 Å². The number of hydrogen-bond acceptors (Lipinski definition) is 2. The van der Waals surface area contributed by atoms with Crippen molar-refractivity contribution < 1.29 is 9.90 Å². The van der Waals surface area contributed by atoms with Gasteiger partial charge < -0.3 is 15.7 Å². The van der Waals surface area contributed by atoms with Gasteiger partial charge >= 0.3 is 6.03 Å². The highest BCUT2D eigenvalue weighted by molar-refractivity contribution is 6.30. The summed E-state index contributed by atoms with van der Waals surface area (Å²) >= 11 is 5.99. The standard InChI is InChI=1S/C17H25ClN2O2/c1-2-4-12(7-8-21)11-19-17(22)20-16-10-15(16)13-5-3-6-14(18)9-13/h3,5-6,9,12,15-16,21H,2,4,7-8,10-11H2,1H3,(H2,19,20,22). The molecule has 2 rings (SSSR count). The number of benzene rings is 1. The lowest BCUT2D eigenvalue weighted by Gasteiger charge is -2.16. The molecule has 0 aromatic heterocycles. The van der Waals surface area contributed by atoms with E-state index in [1.54, 1.807) is 0 Å². The number of urea groups is 1. The lowest BCUT2D eigenvalue weighted by molar-refractivity contribution is 0.229. The van der Waals surface area contributed by atoms with Crippen molar-refractivity contribution in [3.8, 4) is 0 Å². The van der Waals surface area contributed by atoms with Gasteiger partial charge in [-0.3, -0.25) is 0 Å². The third-order valence-electron chi connectivity index (χ3n) is 4.17. The molecule has 1 aromatic carbocycles. The molecule has 4 nitrogen and oxygen atoms in total. The predicted molar refractivity (Wildman–Crippen MR) is 89.2 cm³/mol. The lowest BCUT2D eigenvalue weighted by Crippen LogP contribution is -2.39. The molecule has 0 saturated heterocycles. The Labute approximate surface area is 137 Å². The Morgan fingerprint density at radius 3 is 2.95 bits per heavy atom. The van der Waals surface area contributed by atoms with Gasteiger partial charge in [-0.1, -0.05) is 37.1 Å². The lowest BCUT2D eigenvalue weighted by atomic mass is 10.0. The fourth-order valence-corrected chi connectivity index (χ4v) is 3.05. The Bertz CT molecular complexity index is 489. The first kappa shape index (κ1) is 17.1. The van der Waals surface area contributed by atoms with Crippen LogP contribution in [0.1, 0.15) is 44.1 Å². The number of nitrogens with one attached hydrogen (secondary N) is 2. The third-order valence-corrected chi connectivity index (χ3v) is 4.40. The molecule has 122 valence electrons. The summed E-state index contributed by atoms with van der Waals surface area (Å²) in [4.78, 5) is 11.9. The van der Waals surface area contributed by atoms with Crippen molar-refractivity contribution in [3.05, 3.63) is 34.9 Å². The van der Waals surface area contributed by atoms with Crippen LogP contribution in [0.3, 0.4) is 0 Å². The minimum atomic E-state index is -0.117. The molecule has 3 atom stereocenters. The van der Waals surface area contributed by atoms with Gasteiger partial charge in [-0.2, -0.15) is 0 Å². The van der Waals surface area contributed by atoms with E-state index < -0.39 is 0 Å². The molecular formula is C17H25ClN2O2. The van der Waals surface area contributed by atoms with Crippen molar-refractivity contribution in [1.29, 1.82) is 0 Å².